The van der Waals surface area contributed by atoms with Crippen LogP contribution in [0.25, 0.3) is 0 Å². The highest BCUT2D eigenvalue weighted by Crippen LogP contribution is 2.44. The number of carboxylic acid groups (broad SMARTS) is 1. The first-order valence-corrected chi connectivity index (χ1v) is 18.3. The van der Waals surface area contributed by atoms with Crippen LogP contribution in [0.1, 0.15) is 105 Å². The van der Waals surface area contributed by atoms with Gasteiger partial charge in [0.05, 0.1) is 36.4 Å². The van der Waals surface area contributed by atoms with Gasteiger partial charge in [0.15, 0.2) is 23.1 Å². The Balaban J connectivity index is 0.000000200. The molecular weight excluding hydrogens is 727 g/mol. The molecule has 3 N–H and O–H groups in total. The molecule has 2 fully saturated rings. The molecule has 0 saturated heterocycles. The van der Waals surface area contributed by atoms with Crippen LogP contribution < -0.4 is 5.73 Å². The lowest BCUT2D eigenvalue weighted by atomic mass is 9.65. The Labute approximate surface area is 319 Å². The van der Waals surface area contributed by atoms with Gasteiger partial charge in [-0.25, -0.2) is 43.5 Å². The van der Waals surface area contributed by atoms with Crippen LogP contribution in [0.15, 0.2) is 37.4 Å². The number of aromatic carboxylic acids is 1. The fraction of sp³-hybridized carbons (Fsp3) is 0.568. The molecule has 4 unspecified atom stereocenters. The average Bonchev–Trinajstić information content (AvgIpc) is 3.68. The summed E-state index contributed by atoms with van der Waals surface area (Å²) in [6.45, 7) is 8.84. The van der Waals surface area contributed by atoms with Crippen LogP contribution in [0.3, 0.4) is 0 Å². The van der Waals surface area contributed by atoms with Crippen molar-refractivity contribution in [1.29, 1.82) is 0 Å². The number of carboxylic acids is 1. The lowest BCUT2D eigenvalue weighted by Crippen LogP contribution is -2.37. The van der Waals surface area contributed by atoms with Crippen molar-refractivity contribution in [2.75, 3.05) is 0 Å². The summed E-state index contributed by atoms with van der Waals surface area (Å²) in [4.78, 5) is 45.7. The van der Waals surface area contributed by atoms with Gasteiger partial charge in [0.2, 0.25) is 10.6 Å². The van der Waals surface area contributed by atoms with Gasteiger partial charge in [-0.3, -0.25) is 4.79 Å². The molecule has 0 bridgehead atoms. The smallest absolute Gasteiger partial charge is 0.356 e. The van der Waals surface area contributed by atoms with Crippen molar-refractivity contribution in [3.8, 4) is 0 Å². The Morgan fingerprint density at radius 3 is 1.66 bits per heavy atom. The number of nitrogens with zero attached hydrogens (tertiary/aromatic N) is 8. The number of aryl methyl sites for hydroxylation is 2. The van der Waals surface area contributed by atoms with E-state index in [0.29, 0.717) is 42.3 Å². The number of rotatable bonds is 8. The Morgan fingerprint density at radius 1 is 0.774 bits per heavy atom. The third kappa shape index (κ3) is 13.2. The minimum absolute atomic E-state index is 0.0679. The van der Waals surface area contributed by atoms with Crippen molar-refractivity contribution in [1.82, 2.24) is 39.0 Å². The molecule has 0 amide bonds. The second-order valence-electron chi connectivity index (χ2n) is 16.0. The Bertz CT molecular complexity index is 1870. The summed E-state index contributed by atoms with van der Waals surface area (Å²) in [6.07, 6.45) is 16.0. The van der Waals surface area contributed by atoms with Crippen molar-refractivity contribution in [3.63, 3.8) is 0 Å². The van der Waals surface area contributed by atoms with Crippen molar-refractivity contribution in [3.05, 3.63) is 82.4 Å². The second-order valence-corrected chi connectivity index (χ2v) is 16.7. The summed E-state index contributed by atoms with van der Waals surface area (Å²) >= 11 is 11.5. The molecule has 0 radical (unpaired) electrons. The van der Waals surface area contributed by atoms with E-state index in [9.17, 15) is 18.4 Å². The molecule has 4 aromatic rings. The molecule has 4 atom stereocenters. The Morgan fingerprint density at radius 2 is 1.23 bits per heavy atom. The third-order valence-corrected chi connectivity index (χ3v) is 9.93. The van der Waals surface area contributed by atoms with E-state index < -0.39 is 11.8 Å². The second kappa shape index (κ2) is 18.0. The van der Waals surface area contributed by atoms with Gasteiger partial charge in [0.25, 0.3) is 0 Å². The number of imidazole rings is 2. The maximum absolute atomic E-state index is 14.0. The molecule has 2 aliphatic carbocycles. The topological polar surface area (TPSA) is 168 Å². The molecule has 4 aromatic heterocycles. The summed E-state index contributed by atoms with van der Waals surface area (Å²) in [5.41, 5.74) is 7.76. The van der Waals surface area contributed by atoms with Gasteiger partial charge in [-0.15, -0.1) is 0 Å². The van der Waals surface area contributed by atoms with E-state index in [1.165, 1.54) is 12.5 Å². The number of Topliss-reactive ketones (excluding diaryl/α,β-unsaturated/α-hetero) is 1. The summed E-state index contributed by atoms with van der Waals surface area (Å²) in [7, 11) is 3.57. The normalized spacial score (nSPS) is 21.8. The Hall–Kier alpha value is -3.88. The predicted molar refractivity (Wildman–Crippen MR) is 197 cm³/mol. The molecule has 4 heterocycles. The summed E-state index contributed by atoms with van der Waals surface area (Å²) in [5.74, 6) is -0.822. The highest BCUT2D eigenvalue weighted by molar-refractivity contribution is 6.28. The van der Waals surface area contributed by atoms with Gasteiger partial charge in [-0.1, -0.05) is 27.7 Å². The largest absolute Gasteiger partial charge is 0.476 e. The maximum Gasteiger partial charge on any atom is 0.356 e. The van der Waals surface area contributed by atoms with E-state index in [2.05, 4.69) is 57.6 Å². The first-order chi connectivity index (χ1) is 24.8. The van der Waals surface area contributed by atoms with E-state index in [-0.39, 0.29) is 56.6 Å². The number of hydrogen-bond donors (Lipinski definition) is 2. The molecule has 12 nitrogen and oxygen atoms in total. The van der Waals surface area contributed by atoms with Crippen molar-refractivity contribution >= 4 is 35.0 Å². The minimum atomic E-state index is -0.990. The van der Waals surface area contributed by atoms with Crippen LogP contribution in [0.2, 0.25) is 10.6 Å². The number of ketones is 1. The fourth-order valence-corrected chi connectivity index (χ4v) is 8.26. The molecule has 53 heavy (non-hydrogen) atoms. The molecule has 2 saturated carbocycles. The van der Waals surface area contributed by atoms with Crippen LogP contribution in [0.5, 0.6) is 0 Å². The minimum Gasteiger partial charge on any atom is -0.476 e. The Kier molecular flexibility index (Phi) is 14.2. The monoisotopic (exact) mass is 775 g/mol. The van der Waals surface area contributed by atoms with Crippen molar-refractivity contribution < 1.29 is 23.5 Å². The average molecular weight is 777 g/mol. The number of hydrogen-bond acceptors (Lipinski definition) is 9. The maximum atomic E-state index is 14.0. The fourth-order valence-electron chi connectivity index (χ4n) is 7.96. The third-order valence-electron chi connectivity index (χ3n) is 9.57. The van der Waals surface area contributed by atoms with Gasteiger partial charge in [0, 0.05) is 39.0 Å². The van der Waals surface area contributed by atoms with Gasteiger partial charge in [-0.05, 0) is 103 Å². The number of aromatic nitrogens is 8. The van der Waals surface area contributed by atoms with Crippen molar-refractivity contribution in [2.24, 2.45) is 48.4 Å². The zero-order valence-electron chi connectivity index (χ0n) is 31.1. The van der Waals surface area contributed by atoms with Gasteiger partial charge < -0.3 is 20.0 Å². The van der Waals surface area contributed by atoms with Crippen LogP contribution in [0, 0.1) is 40.2 Å². The molecule has 0 aromatic carbocycles. The number of carbonyl (C=O) groups is 2. The van der Waals surface area contributed by atoms with E-state index in [4.69, 9.17) is 34.0 Å². The molecular formula is C37H49Cl2F2N9O3. The first-order valence-electron chi connectivity index (χ1n) is 17.6. The van der Waals surface area contributed by atoms with Gasteiger partial charge in [0.1, 0.15) is 5.69 Å². The molecule has 288 valence electrons. The zero-order valence-corrected chi connectivity index (χ0v) is 32.6. The van der Waals surface area contributed by atoms with E-state index in [1.54, 1.807) is 28.7 Å². The molecule has 16 heteroatoms. The molecule has 6 rings (SSSR count). The van der Waals surface area contributed by atoms with Crippen LogP contribution in [-0.2, 0) is 26.9 Å². The number of nitrogens with two attached hydrogens (primary N) is 1. The summed E-state index contributed by atoms with van der Waals surface area (Å²) in [6, 6.07) is 0.194. The van der Waals surface area contributed by atoms with Crippen LogP contribution in [0.4, 0.5) is 8.78 Å². The summed E-state index contributed by atoms with van der Waals surface area (Å²) < 4.78 is 31.0. The number of halogens is 4. The molecule has 0 aliphatic heterocycles. The van der Waals surface area contributed by atoms with Crippen LogP contribution in [-0.4, -0.2) is 61.9 Å². The highest BCUT2D eigenvalue weighted by atomic mass is 35.5. The SMILES string of the molecule is CC1(C)CC(N)CC(Cc2nc(Cl)ncc2F)C1.Cn1cnc(C(=O)CC2CC(Cc3nc(Cl)ncc3F)CC(C)(C)C2)c1.Cn1cnc(C(=O)O)c1. The summed E-state index contributed by atoms with van der Waals surface area (Å²) in [5, 5.41) is 8.49. The zero-order chi connectivity index (χ0) is 39.1. The lowest BCUT2D eigenvalue weighted by Gasteiger charge is -2.40. The van der Waals surface area contributed by atoms with E-state index in [0.717, 1.165) is 50.9 Å². The first kappa shape index (κ1) is 41.9. The molecule has 2 aliphatic rings. The predicted octanol–water partition coefficient (Wildman–Crippen LogP) is 7.34. The van der Waals surface area contributed by atoms with Gasteiger partial charge >= 0.3 is 5.97 Å². The van der Waals surface area contributed by atoms with Crippen molar-refractivity contribution in [2.45, 2.75) is 91.5 Å². The van der Waals surface area contributed by atoms with E-state index >= 15 is 0 Å². The van der Waals surface area contributed by atoms with Gasteiger partial charge in [-0.2, -0.15) is 0 Å². The highest BCUT2D eigenvalue weighted by Gasteiger charge is 2.36. The number of carbonyl (C=O) groups excluding carboxylic acids is 1. The van der Waals surface area contributed by atoms with E-state index in [1.807, 2.05) is 7.05 Å². The molecule has 0 spiro atoms. The lowest BCUT2D eigenvalue weighted by molar-refractivity contribution is 0.0690. The standard InChI is InChI=1S/C19H24ClFN4O.C13H19ClFN3.C5H6N2O2/c1-19(2)7-12(5-15-14(21)9-22-18(20)24-15)4-13(8-19)6-17(26)16-10-25(3)11-23-16;1-13(2)5-8(3-9(16)6-13)4-11-10(15)7-17-12(14)18-11;1-7-2-4(5(8)9)6-3-7/h9-13H,4-8H2,1-3H3;7-9H,3-6,16H2,1-2H3;2-3H,1H3,(H,8,9). The quantitative estimate of drug-likeness (QED) is 0.136. The van der Waals surface area contributed by atoms with Crippen LogP contribution >= 0.6 is 23.2 Å².